The third-order valence-corrected chi connectivity index (χ3v) is 2.79. The Kier molecular flexibility index (Phi) is 4.63. The fourth-order valence-corrected chi connectivity index (χ4v) is 1.60. The van der Waals surface area contributed by atoms with Crippen molar-refractivity contribution in [3.8, 4) is 0 Å². The van der Waals surface area contributed by atoms with Crippen LogP contribution in [0.25, 0.3) is 0 Å². The van der Waals surface area contributed by atoms with Gasteiger partial charge in [-0.3, -0.25) is 9.78 Å². The molecule has 1 aromatic heterocycles. The number of carbonyl (C=O) groups is 1. The normalized spacial score (nSPS) is 12.6. The molecule has 0 bridgehead atoms. The number of aromatic nitrogens is 1. The van der Waals surface area contributed by atoms with Crippen LogP contribution in [0.4, 0.5) is 0 Å². The molecule has 1 amide bonds. The Morgan fingerprint density at radius 2 is 2.06 bits per heavy atom. The fourth-order valence-electron chi connectivity index (χ4n) is 1.60. The van der Waals surface area contributed by atoms with Gasteiger partial charge in [0.1, 0.15) is 0 Å². The second kappa shape index (κ2) is 5.77. The lowest BCUT2D eigenvalue weighted by Gasteiger charge is -2.20. The summed E-state index contributed by atoms with van der Waals surface area (Å²) in [6.45, 7) is 7.56. The first-order chi connectivity index (χ1) is 7.95. The number of aryl methyl sites for hydroxylation is 2. The number of nitrogens with zero attached hydrogens (tertiary/aromatic N) is 1. The second-order valence-electron chi connectivity index (χ2n) is 4.59. The number of rotatable bonds is 4. The van der Waals surface area contributed by atoms with E-state index in [-0.39, 0.29) is 24.5 Å². The van der Waals surface area contributed by atoms with Crippen LogP contribution in [0.15, 0.2) is 12.1 Å². The highest BCUT2D eigenvalue weighted by atomic mass is 16.3. The van der Waals surface area contributed by atoms with Crippen LogP contribution < -0.4 is 5.32 Å². The molecule has 0 aliphatic carbocycles. The van der Waals surface area contributed by atoms with Crippen molar-refractivity contribution in [3.05, 3.63) is 29.1 Å². The van der Waals surface area contributed by atoms with Crippen molar-refractivity contribution < 1.29 is 9.90 Å². The number of amides is 1. The monoisotopic (exact) mass is 236 g/mol. The fraction of sp³-hybridized carbons (Fsp3) is 0.538. The van der Waals surface area contributed by atoms with E-state index < -0.39 is 0 Å². The number of aliphatic hydroxyl groups is 1. The van der Waals surface area contributed by atoms with Gasteiger partial charge in [0, 0.05) is 5.69 Å². The minimum absolute atomic E-state index is 0.0538. The second-order valence-corrected chi connectivity index (χ2v) is 4.59. The van der Waals surface area contributed by atoms with E-state index in [1.807, 2.05) is 33.8 Å². The Morgan fingerprint density at radius 3 is 2.53 bits per heavy atom. The van der Waals surface area contributed by atoms with E-state index in [2.05, 4.69) is 10.3 Å². The van der Waals surface area contributed by atoms with Crippen molar-refractivity contribution >= 4 is 5.91 Å². The summed E-state index contributed by atoms with van der Waals surface area (Å²) in [5.41, 5.74) is 2.17. The van der Waals surface area contributed by atoms with Crippen molar-refractivity contribution in [3.63, 3.8) is 0 Å². The number of hydrogen-bond acceptors (Lipinski definition) is 3. The highest BCUT2D eigenvalue weighted by Gasteiger charge is 2.17. The van der Waals surface area contributed by atoms with Gasteiger partial charge >= 0.3 is 0 Å². The zero-order chi connectivity index (χ0) is 13.0. The lowest BCUT2D eigenvalue weighted by atomic mass is 10.0. The maximum atomic E-state index is 12.0. The number of hydrogen-bond donors (Lipinski definition) is 2. The first-order valence-electron chi connectivity index (χ1n) is 5.81. The molecular weight excluding hydrogens is 216 g/mol. The molecule has 0 fully saturated rings. The average Bonchev–Trinajstić information content (AvgIpc) is 2.24. The van der Waals surface area contributed by atoms with Gasteiger partial charge in [0.25, 0.3) is 5.91 Å². The van der Waals surface area contributed by atoms with Gasteiger partial charge in [-0.25, -0.2) is 0 Å². The molecule has 0 saturated carbocycles. The third kappa shape index (κ3) is 3.53. The third-order valence-electron chi connectivity index (χ3n) is 2.79. The molecule has 4 heteroatoms. The van der Waals surface area contributed by atoms with Crippen molar-refractivity contribution in [1.82, 2.24) is 10.3 Å². The Morgan fingerprint density at radius 1 is 1.41 bits per heavy atom. The van der Waals surface area contributed by atoms with Gasteiger partial charge in [0.15, 0.2) is 0 Å². The maximum absolute atomic E-state index is 12.0. The van der Waals surface area contributed by atoms with Crippen LogP contribution in [0, 0.1) is 19.8 Å². The zero-order valence-corrected chi connectivity index (χ0v) is 10.8. The SMILES string of the molecule is Cc1ccc(C(=O)N[C@H](CO)C(C)C)c(C)n1. The highest BCUT2D eigenvalue weighted by molar-refractivity contribution is 5.95. The Balaban J connectivity index is 2.82. The number of carbonyl (C=O) groups excluding carboxylic acids is 1. The Bertz CT molecular complexity index is 402. The molecule has 94 valence electrons. The minimum Gasteiger partial charge on any atom is -0.394 e. The van der Waals surface area contributed by atoms with Gasteiger partial charge < -0.3 is 10.4 Å². The van der Waals surface area contributed by atoms with Gasteiger partial charge in [-0.15, -0.1) is 0 Å². The van der Waals surface area contributed by atoms with Crippen LogP contribution in [-0.4, -0.2) is 28.6 Å². The summed E-state index contributed by atoms with van der Waals surface area (Å²) in [4.78, 5) is 16.2. The maximum Gasteiger partial charge on any atom is 0.253 e. The topological polar surface area (TPSA) is 62.2 Å². The Hall–Kier alpha value is -1.42. The van der Waals surface area contributed by atoms with Gasteiger partial charge in [-0.2, -0.15) is 0 Å². The van der Waals surface area contributed by atoms with E-state index >= 15 is 0 Å². The van der Waals surface area contributed by atoms with Gasteiger partial charge in [0.2, 0.25) is 0 Å². The predicted octanol–water partition coefficient (Wildman–Crippen LogP) is 1.45. The van der Waals surface area contributed by atoms with Crippen LogP contribution in [0.2, 0.25) is 0 Å². The number of aliphatic hydroxyl groups excluding tert-OH is 1. The average molecular weight is 236 g/mol. The van der Waals surface area contributed by atoms with Crippen LogP contribution in [-0.2, 0) is 0 Å². The molecule has 0 saturated heterocycles. The van der Waals surface area contributed by atoms with E-state index in [9.17, 15) is 9.90 Å². The van der Waals surface area contributed by atoms with Crippen molar-refractivity contribution in [1.29, 1.82) is 0 Å². The van der Waals surface area contributed by atoms with Crippen LogP contribution in [0.3, 0.4) is 0 Å². The molecule has 0 spiro atoms. The van der Waals surface area contributed by atoms with Crippen molar-refractivity contribution in [2.75, 3.05) is 6.61 Å². The van der Waals surface area contributed by atoms with E-state index in [1.54, 1.807) is 6.07 Å². The zero-order valence-electron chi connectivity index (χ0n) is 10.8. The van der Waals surface area contributed by atoms with Crippen LogP contribution in [0.5, 0.6) is 0 Å². The summed E-state index contributed by atoms with van der Waals surface area (Å²) in [6.07, 6.45) is 0. The van der Waals surface area contributed by atoms with Crippen LogP contribution in [0.1, 0.15) is 35.6 Å². The van der Waals surface area contributed by atoms with E-state index in [1.165, 1.54) is 0 Å². The van der Waals surface area contributed by atoms with Gasteiger partial charge in [0.05, 0.1) is 23.9 Å². The van der Waals surface area contributed by atoms with Gasteiger partial charge in [-0.1, -0.05) is 13.8 Å². The lowest BCUT2D eigenvalue weighted by molar-refractivity contribution is 0.0896. The standard InChI is InChI=1S/C13H20N2O2/c1-8(2)12(7-16)15-13(17)11-6-5-9(3)14-10(11)4/h5-6,8,12,16H,7H2,1-4H3,(H,15,17)/t12-/m1/s1. The van der Waals surface area contributed by atoms with Gasteiger partial charge in [-0.05, 0) is 31.9 Å². The number of nitrogens with one attached hydrogen (secondary N) is 1. The van der Waals surface area contributed by atoms with Crippen molar-refractivity contribution in [2.45, 2.75) is 33.7 Å². The minimum atomic E-state index is -0.219. The number of pyridine rings is 1. The highest BCUT2D eigenvalue weighted by Crippen LogP contribution is 2.08. The summed E-state index contributed by atoms with van der Waals surface area (Å²) >= 11 is 0. The smallest absolute Gasteiger partial charge is 0.253 e. The molecular formula is C13H20N2O2. The molecule has 1 rings (SSSR count). The van der Waals surface area contributed by atoms with Crippen molar-refractivity contribution in [2.24, 2.45) is 5.92 Å². The van der Waals surface area contributed by atoms with E-state index in [0.717, 1.165) is 5.69 Å². The summed E-state index contributed by atoms with van der Waals surface area (Å²) < 4.78 is 0. The first-order valence-corrected chi connectivity index (χ1v) is 5.81. The molecule has 0 unspecified atom stereocenters. The van der Waals surface area contributed by atoms with E-state index in [0.29, 0.717) is 11.3 Å². The lowest BCUT2D eigenvalue weighted by Crippen LogP contribution is -2.41. The largest absolute Gasteiger partial charge is 0.394 e. The quantitative estimate of drug-likeness (QED) is 0.831. The molecule has 0 radical (unpaired) electrons. The first kappa shape index (κ1) is 13.6. The molecule has 1 aromatic rings. The summed E-state index contributed by atoms with van der Waals surface area (Å²) in [7, 11) is 0. The van der Waals surface area contributed by atoms with Crippen LogP contribution >= 0.6 is 0 Å². The summed E-state index contributed by atoms with van der Waals surface area (Å²) in [5, 5.41) is 12.0. The predicted molar refractivity (Wildman–Crippen MR) is 66.9 cm³/mol. The molecule has 0 aromatic carbocycles. The molecule has 0 aliphatic rings. The molecule has 1 heterocycles. The molecule has 1 atom stereocenters. The summed E-state index contributed by atoms with van der Waals surface area (Å²) in [5.74, 6) is 0.0189. The molecule has 4 nitrogen and oxygen atoms in total. The molecule has 17 heavy (non-hydrogen) atoms. The summed E-state index contributed by atoms with van der Waals surface area (Å²) in [6, 6.07) is 3.36. The van der Waals surface area contributed by atoms with E-state index in [4.69, 9.17) is 0 Å². The Labute approximate surface area is 102 Å². The molecule has 2 N–H and O–H groups in total. The molecule has 0 aliphatic heterocycles.